The first-order chi connectivity index (χ1) is 8.17. The number of rotatable bonds is 3. The SMILES string of the molecule is COc1cccc(Oc2nc(N)cc(Br)n2)c1. The Balaban J connectivity index is 2.24. The van der Waals surface area contributed by atoms with Gasteiger partial charge in [-0.25, -0.2) is 0 Å². The first kappa shape index (κ1) is 11.7. The molecule has 0 aliphatic heterocycles. The van der Waals surface area contributed by atoms with Crippen LogP contribution in [0.15, 0.2) is 34.9 Å². The lowest BCUT2D eigenvalue weighted by Crippen LogP contribution is -1.97. The van der Waals surface area contributed by atoms with E-state index < -0.39 is 0 Å². The van der Waals surface area contributed by atoms with Crippen LogP contribution in [0, 0.1) is 0 Å². The molecule has 0 unspecified atom stereocenters. The third kappa shape index (κ3) is 3.07. The zero-order valence-electron chi connectivity index (χ0n) is 9.05. The largest absolute Gasteiger partial charge is 0.497 e. The van der Waals surface area contributed by atoms with Gasteiger partial charge in [0.25, 0.3) is 0 Å². The minimum atomic E-state index is 0.185. The van der Waals surface area contributed by atoms with Gasteiger partial charge in [0.1, 0.15) is 21.9 Å². The summed E-state index contributed by atoms with van der Waals surface area (Å²) in [6, 6.07) is 8.94. The Labute approximate surface area is 107 Å². The summed E-state index contributed by atoms with van der Waals surface area (Å²) in [6.07, 6.45) is 0. The van der Waals surface area contributed by atoms with E-state index in [0.29, 0.717) is 21.9 Å². The Bertz CT molecular complexity index is 514. The molecule has 0 saturated heterocycles. The van der Waals surface area contributed by atoms with Crippen LogP contribution >= 0.6 is 15.9 Å². The highest BCUT2D eigenvalue weighted by Crippen LogP contribution is 2.24. The van der Waals surface area contributed by atoms with Gasteiger partial charge in [0.15, 0.2) is 0 Å². The maximum Gasteiger partial charge on any atom is 0.325 e. The molecule has 0 fully saturated rings. The predicted octanol–water partition coefficient (Wildman–Crippen LogP) is 2.62. The number of nitrogens with two attached hydrogens (primary N) is 1. The number of anilines is 1. The Hall–Kier alpha value is -1.82. The lowest BCUT2D eigenvalue weighted by molar-refractivity contribution is 0.404. The fraction of sp³-hybridized carbons (Fsp3) is 0.0909. The second-order valence-electron chi connectivity index (χ2n) is 3.18. The Morgan fingerprint density at radius 1 is 1.18 bits per heavy atom. The fourth-order valence-electron chi connectivity index (χ4n) is 1.23. The molecular weight excluding hydrogens is 286 g/mol. The van der Waals surface area contributed by atoms with Crippen molar-refractivity contribution in [2.24, 2.45) is 0 Å². The van der Waals surface area contributed by atoms with Crippen LogP contribution < -0.4 is 15.2 Å². The Morgan fingerprint density at radius 3 is 2.65 bits per heavy atom. The predicted molar refractivity (Wildman–Crippen MR) is 67.2 cm³/mol. The number of hydrogen-bond acceptors (Lipinski definition) is 5. The lowest BCUT2D eigenvalue weighted by atomic mass is 10.3. The average molecular weight is 296 g/mol. The minimum absolute atomic E-state index is 0.185. The van der Waals surface area contributed by atoms with Gasteiger partial charge in [-0.1, -0.05) is 6.07 Å². The summed E-state index contributed by atoms with van der Waals surface area (Å²) in [7, 11) is 1.59. The molecule has 88 valence electrons. The van der Waals surface area contributed by atoms with Gasteiger partial charge in [0, 0.05) is 12.1 Å². The van der Waals surface area contributed by atoms with Crippen LogP contribution in [0.4, 0.5) is 5.82 Å². The molecule has 0 saturated carbocycles. The number of ether oxygens (including phenoxy) is 2. The van der Waals surface area contributed by atoms with E-state index >= 15 is 0 Å². The first-order valence-corrected chi connectivity index (χ1v) is 5.58. The summed E-state index contributed by atoms with van der Waals surface area (Å²) in [5.74, 6) is 1.62. The normalized spacial score (nSPS) is 10.0. The topological polar surface area (TPSA) is 70.3 Å². The van der Waals surface area contributed by atoms with Crippen LogP contribution in [0.25, 0.3) is 0 Å². The van der Waals surface area contributed by atoms with Gasteiger partial charge in [0.2, 0.25) is 0 Å². The molecule has 0 bridgehead atoms. The van der Waals surface area contributed by atoms with Crippen LogP contribution in [0.5, 0.6) is 17.5 Å². The van der Waals surface area contributed by atoms with E-state index in [-0.39, 0.29) is 6.01 Å². The van der Waals surface area contributed by atoms with Crippen LogP contribution in [0.3, 0.4) is 0 Å². The van der Waals surface area contributed by atoms with Crippen molar-refractivity contribution in [1.82, 2.24) is 9.97 Å². The van der Waals surface area contributed by atoms with Gasteiger partial charge in [0.05, 0.1) is 7.11 Å². The molecule has 0 amide bonds. The van der Waals surface area contributed by atoms with Crippen LogP contribution in [0.1, 0.15) is 0 Å². The van der Waals surface area contributed by atoms with E-state index in [4.69, 9.17) is 15.2 Å². The highest BCUT2D eigenvalue weighted by Gasteiger charge is 2.04. The molecule has 1 heterocycles. The molecule has 2 N–H and O–H groups in total. The molecule has 1 aromatic carbocycles. The molecule has 0 aliphatic rings. The third-order valence-corrected chi connectivity index (χ3v) is 2.35. The van der Waals surface area contributed by atoms with Gasteiger partial charge in [-0.2, -0.15) is 9.97 Å². The number of methoxy groups -OCH3 is 1. The molecule has 0 radical (unpaired) electrons. The molecular formula is C11H10BrN3O2. The number of hydrogen-bond donors (Lipinski definition) is 1. The quantitative estimate of drug-likeness (QED) is 0.882. The molecule has 0 spiro atoms. The first-order valence-electron chi connectivity index (χ1n) is 4.79. The second kappa shape index (κ2) is 5.01. The highest BCUT2D eigenvalue weighted by molar-refractivity contribution is 9.10. The van der Waals surface area contributed by atoms with E-state index in [1.165, 1.54) is 0 Å². The van der Waals surface area contributed by atoms with Crippen molar-refractivity contribution >= 4 is 21.7 Å². The standard InChI is InChI=1S/C11H10BrN3O2/c1-16-7-3-2-4-8(5-7)17-11-14-9(12)6-10(13)15-11/h2-6H,1H3,(H2,13,14,15). The van der Waals surface area contributed by atoms with Gasteiger partial charge >= 0.3 is 6.01 Å². The molecule has 5 nitrogen and oxygen atoms in total. The molecule has 6 heteroatoms. The Kier molecular flexibility index (Phi) is 3.43. The van der Waals surface area contributed by atoms with Crippen LogP contribution in [0.2, 0.25) is 0 Å². The van der Waals surface area contributed by atoms with Crippen molar-refractivity contribution in [3.05, 3.63) is 34.9 Å². The lowest BCUT2D eigenvalue weighted by Gasteiger charge is -2.06. The van der Waals surface area contributed by atoms with Crippen molar-refractivity contribution in [1.29, 1.82) is 0 Å². The highest BCUT2D eigenvalue weighted by atomic mass is 79.9. The van der Waals surface area contributed by atoms with Crippen molar-refractivity contribution in [3.8, 4) is 17.5 Å². The van der Waals surface area contributed by atoms with Crippen molar-refractivity contribution in [2.45, 2.75) is 0 Å². The summed E-state index contributed by atoms with van der Waals surface area (Å²) >= 11 is 3.22. The number of nitrogens with zero attached hydrogens (tertiary/aromatic N) is 2. The van der Waals surface area contributed by atoms with Crippen LogP contribution in [-0.2, 0) is 0 Å². The summed E-state index contributed by atoms with van der Waals surface area (Å²) in [6.45, 7) is 0. The van der Waals surface area contributed by atoms with E-state index in [1.807, 2.05) is 12.1 Å². The maximum absolute atomic E-state index is 5.58. The molecule has 0 aliphatic carbocycles. The van der Waals surface area contributed by atoms with Crippen molar-refractivity contribution in [2.75, 3.05) is 12.8 Å². The smallest absolute Gasteiger partial charge is 0.325 e. The average Bonchev–Trinajstić information content (AvgIpc) is 2.28. The van der Waals surface area contributed by atoms with E-state index in [1.54, 1.807) is 25.3 Å². The van der Waals surface area contributed by atoms with Crippen molar-refractivity contribution < 1.29 is 9.47 Å². The summed E-state index contributed by atoms with van der Waals surface area (Å²) in [4.78, 5) is 8.01. The molecule has 2 rings (SSSR count). The van der Waals surface area contributed by atoms with Gasteiger partial charge in [-0.3, -0.25) is 0 Å². The monoisotopic (exact) mass is 295 g/mol. The van der Waals surface area contributed by atoms with E-state index in [0.717, 1.165) is 0 Å². The fourth-order valence-corrected chi connectivity index (χ4v) is 1.62. The summed E-state index contributed by atoms with van der Waals surface area (Å²) in [5.41, 5.74) is 5.58. The zero-order chi connectivity index (χ0) is 12.3. The van der Waals surface area contributed by atoms with Gasteiger partial charge < -0.3 is 15.2 Å². The Morgan fingerprint density at radius 2 is 1.94 bits per heavy atom. The van der Waals surface area contributed by atoms with Crippen LogP contribution in [-0.4, -0.2) is 17.1 Å². The molecule has 0 atom stereocenters. The number of nitrogen functional groups attached to an aromatic ring is 1. The minimum Gasteiger partial charge on any atom is -0.497 e. The third-order valence-electron chi connectivity index (χ3n) is 1.94. The van der Waals surface area contributed by atoms with E-state index in [2.05, 4.69) is 25.9 Å². The van der Waals surface area contributed by atoms with Gasteiger partial charge in [-0.05, 0) is 28.1 Å². The zero-order valence-corrected chi connectivity index (χ0v) is 10.6. The number of benzene rings is 1. The second-order valence-corrected chi connectivity index (χ2v) is 3.99. The van der Waals surface area contributed by atoms with Crippen molar-refractivity contribution in [3.63, 3.8) is 0 Å². The van der Waals surface area contributed by atoms with E-state index in [9.17, 15) is 0 Å². The molecule has 17 heavy (non-hydrogen) atoms. The molecule has 2 aromatic rings. The van der Waals surface area contributed by atoms with Gasteiger partial charge in [-0.15, -0.1) is 0 Å². The molecule has 1 aromatic heterocycles. The summed E-state index contributed by atoms with van der Waals surface area (Å²) < 4.78 is 11.1. The number of halogens is 1. The maximum atomic E-state index is 5.58. The number of aromatic nitrogens is 2. The summed E-state index contributed by atoms with van der Waals surface area (Å²) in [5, 5.41) is 0.